The predicted molar refractivity (Wildman–Crippen MR) is 87.9 cm³/mol. The Balaban J connectivity index is 1.98. The van der Waals surface area contributed by atoms with Gasteiger partial charge >= 0.3 is 0 Å². The van der Waals surface area contributed by atoms with Gasteiger partial charge in [0.1, 0.15) is 0 Å². The zero-order valence-electron chi connectivity index (χ0n) is 12.9. The normalized spacial score (nSPS) is 12.4. The molecule has 2 rings (SSSR count). The van der Waals surface area contributed by atoms with Crippen LogP contribution >= 0.6 is 0 Å². The molecule has 2 nitrogen and oxygen atoms in total. The first-order valence-corrected chi connectivity index (χ1v) is 7.23. The van der Waals surface area contributed by atoms with Crippen molar-refractivity contribution >= 4 is 17.0 Å². The van der Waals surface area contributed by atoms with Gasteiger partial charge in [-0.15, -0.1) is 0 Å². The topological polar surface area (TPSA) is 24.9 Å². The minimum atomic E-state index is 0.195. The summed E-state index contributed by atoms with van der Waals surface area (Å²) in [5, 5.41) is 4.68. The average molecular weight is 268 g/mol. The van der Waals surface area contributed by atoms with Crippen molar-refractivity contribution < 1.29 is 0 Å². The van der Waals surface area contributed by atoms with Gasteiger partial charge in [-0.3, -0.25) is 4.98 Å². The molecule has 0 radical (unpaired) electrons. The van der Waals surface area contributed by atoms with E-state index in [1.165, 1.54) is 10.9 Å². The van der Waals surface area contributed by atoms with Gasteiger partial charge in [0, 0.05) is 16.6 Å². The van der Waals surface area contributed by atoms with Gasteiger partial charge in [-0.05, 0) is 64.4 Å². The molecule has 2 heteroatoms. The van der Waals surface area contributed by atoms with E-state index in [-0.39, 0.29) is 5.54 Å². The van der Waals surface area contributed by atoms with Crippen molar-refractivity contribution in [2.75, 3.05) is 6.54 Å². The van der Waals surface area contributed by atoms with Crippen molar-refractivity contribution in [1.29, 1.82) is 0 Å². The molecule has 0 amide bonds. The molecule has 0 fully saturated rings. The van der Waals surface area contributed by atoms with E-state index < -0.39 is 0 Å². The van der Waals surface area contributed by atoms with Gasteiger partial charge < -0.3 is 5.32 Å². The summed E-state index contributed by atoms with van der Waals surface area (Å²) in [6.07, 6.45) is 5.45. The molecule has 0 aliphatic rings. The molecule has 1 heterocycles. The van der Waals surface area contributed by atoms with Gasteiger partial charge in [0.05, 0.1) is 5.52 Å². The van der Waals surface area contributed by atoms with Crippen LogP contribution in [0.3, 0.4) is 0 Å². The Morgan fingerprint density at radius 3 is 2.70 bits per heavy atom. The molecule has 1 N–H and O–H groups in total. The molecular weight excluding hydrogens is 244 g/mol. The van der Waals surface area contributed by atoms with Crippen LogP contribution in [0.4, 0.5) is 0 Å². The van der Waals surface area contributed by atoms with Crippen molar-refractivity contribution in [1.82, 2.24) is 10.3 Å². The standard InChI is InChI=1S/C18H24N2/c1-14-8-10-16-13-15(9-11-17(16)20-14)7-5-6-12-19-18(2,3)4/h5,7-11,13,19H,6,12H2,1-4H3/b7-5+. The summed E-state index contributed by atoms with van der Waals surface area (Å²) in [4.78, 5) is 4.52. The lowest BCUT2D eigenvalue weighted by molar-refractivity contribution is 0.431. The maximum Gasteiger partial charge on any atom is 0.0705 e. The van der Waals surface area contributed by atoms with E-state index in [1.54, 1.807) is 0 Å². The van der Waals surface area contributed by atoms with Crippen molar-refractivity contribution in [3.05, 3.63) is 47.7 Å². The Labute approximate surface area is 121 Å². The quantitative estimate of drug-likeness (QED) is 0.835. The minimum absolute atomic E-state index is 0.195. The highest BCUT2D eigenvalue weighted by Crippen LogP contribution is 2.15. The summed E-state index contributed by atoms with van der Waals surface area (Å²) in [7, 11) is 0. The molecule has 0 saturated carbocycles. The first-order valence-electron chi connectivity index (χ1n) is 7.23. The van der Waals surface area contributed by atoms with Gasteiger partial charge in [-0.25, -0.2) is 0 Å². The third-order valence-electron chi connectivity index (χ3n) is 3.13. The van der Waals surface area contributed by atoms with E-state index in [1.807, 2.05) is 6.92 Å². The van der Waals surface area contributed by atoms with E-state index in [0.717, 1.165) is 24.2 Å². The summed E-state index contributed by atoms with van der Waals surface area (Å²) in [6, 6.07) is 10.6. The summed E-state index contributed by atoms with van der Waals surface area (Å²) >= 11 is 0. The number of hydrogen-bond donors (Lipinski definition) is 1. The largest absolute Gasteiger partial charge is 0.312 e. The van der Waals surface area contributed by atoms with Crippen LogP contribution in [0.5, 0.6) is 0 Å². The lowest BCUT2D eigenvalue weighted by Gasteiger charge is -2.19. The monoisotopic (exact) mass is 268 g/mol. The van der Waals surface area contributed by atoms with E-state index in [2.05, 4.69) is 73.6 Å². The molecule has 0 aliphatic carbocycles. The SMILES string of the molecule is Cc1ccc2cc(/C=C/CCNC(C)(C)C)ccc2n1. The molecule has 1 aromatic heterocycles. The number of rotatable bonds is 4. The summed E-state index contributed by atoms with van der Waals surface area (Å²) in [5.41, 5.74) is 3.56. The summed E-state index contributed by atoms with van der Waals surface area (Å²) < 4.78 is 0. The van der Waals surface area contributed by atoms with Crippen molar-refractivity contribution in [3.8, 4) is 0 Å². The van der Waals surface area contributed by atoms with Gasteiger partial charge in [0.15, 0.2) is 0 Å². The number of pyridine rings is 1. The first-order chi connectivity index (χ1) is 9.44. The zero-order valence-corrected chi connectivity index (χ0v) is 12.9. The fraction of sp³-hybridized carbons (Fsp3) is 0.389. The molecule has 0 saturated heterocycles. The fourth-order valence-electron chi connectivity index (χ4n) is 2.10. The van der Waals surface area contributed by atoms with Gasteiger partial charge in [-0.2, -0.15) is 0 Å². The second-order valence-electron chi connectivity index (χ2n) is 6.27. The van der Waals surface area contributed by atoms with Crippen LogP contribution in [0.15, 0.2) is 36.4 Å². The Kier molecular flexibility index (Phi) is 4.56. The molecule has 0 unspecified atom stereocenters. The number of benzene rings is 1. The van der Waals surface area contributed by atoms with Crippen LogP contribution in [0.2, 0.25) is 0 Å². The van der Waals surface area contributed by atoms with E-state index in [0.29, 0.717) is 0 Å². The summed E-state index contributed by atoms with van der Waals surface area (Å²) in [6.45, 7) is 9.60. The van der Waals surface area contributed by atoms with E-state index in [4.69, 9.17) is 0 Å². The Morgan fingerprint density at radius 2 is 1.95 bits per heavy atom. The molecule has 1 aromatic carbocycles. The Morgan fingerprint density at radius 1 is 1.15 bits per heavy atom. The third-order valence-corrected chi connectivity index (χ3v) is 3.13. The Hall–Kier alpha value is -1.67. The van der Waals surface area contributed by atoms with Gasteiger partial charge in [0.25, 0.3) is 0 Å². The van der Waals surface area contributed by atoms with Crippen LogP contribution in [0.25, 0.3) is 17.0 Å². The number of nitrogens with one attached hydrogen (secondary N) is 1. The highest BCUT2D eigenvalue weighted by molar-refractivity contribution is 5.81. The maximum atomic E-state index is 4.52. The van der Waals surface area contributed by atoms with E-state index in [9.17, 15) is 0 Å². The second kappa shape index (κ2) is 6.19. The molecular formula is C18H24N2. The molecule has 0 atom stereocenters. The third kappa shape index (κ3) is 4.46. The molecule has 106 valence electrons. The number of aromatic nitrogens is 1. The molecule has 0 spiro atoms. The highest BCUT2D eigenvalue weighted by Gasteiger charge is 2.06. The molecule has 20 heavy (non-hydrogen) atoms. The number of fused-ring (bicyclic) bond motifs is 1. The first kappa shape index (κ1) is 14.7. The fourth-order valence-corrected chi connectivity index (χ4v) is 2.10. The lowest BCUT2D eigenvalue weighted by atomic mass is 10.1. The van der Waals surface area contributed by atoms with Crippen molar-refractivity contribution in [3.63, 3.8) is 0 Å². The molecule has 0 bridgehead atoms. The average Bonchev–Trinajstić information content (AvgIpc) is 2.37. The summed E-state index contributed by atoms with van der Waals surface area (Å²) in [5.74, 6) is 0. The maximum absolute atomic E-state index is 4.52. The predicted octanol–water partition coefficient (Wildman–Crippen LogP) is 4.33. The molecule has 0 aliphatic heterocycles. The van der Waals surface area contributed by atoms with Crippen LogP contribution < -0.4 is 5.32 Å². The van der Waals surface area contributed by atoms with Gasteiger partial charge in [0.2, 0.25) is 0 Å². The minimum Gasteiger partial charge on any atom is -0.312 e. The second-order valence-corrected chi connectivity index (χ2v) is 6.27. The van der Waals surface area contributed by atoms with Crippen molar-refractivity contribution in [2.45, 2.75) is 39.7 Å². The van der Waals surface area contributed by atoms with Crippen LogP contribution in [-0.2, 0) is 0 Å². The van der Waals surface area contributed by atoms with Crippen LogP contribution in [-0.4, -0.2) is 17.1 Å². The number of aryl methyl sites for hydroxylation is 1. The highest BCUT2D eigenvalue weighted by atomic mass is 14.9. The van der Waals surface area contributed by atoms with Crippen LogP contribution in [0.1, 0.15) is 38.4 Å². The van der Waals surface area contributed by atoms with E-state index >= 15 is 0 Å². The molecule has 2 aromatic rings. The number of hydrogen-bond acceptors (Lipinski definition) is 2. The number of nitrogens with zero attached hydrogens (tertiary/aromatic N) is 1. The van der Waals surface area contributed by atoms with Gasteiger partial charge in [-0.1, -0.05) is 24.3 Å². The Bertz CT molecular complexity index is 606. The van der Waals surface area contributed by atoms with Crippen molar-refractivity contribution in [2.24, 2.45) is 0 Å². The zero-order chi connectivity index (χ0) is 14.6. The smallest absolute Gasteiger partial charge is 0.0705 e. The lowest BCUT2D eigenvalue weighted by Crippen LogP contribution is -2.36. The van der Waals surface area contributed by atoms with Crippen LogP contribution in [0, 0.1) is 6.92 Å².